The van der Waals surface area contributed by atoms with Gasteiger partial charge in [0.15, 0.2) is 0 Å². The molecule has 0 unspecified atom stereocenters. The number of nitrogens with zero attached hydrogens (tertiary/aromatic N) is 2. The van der Waals surface area contributed by atoms with Crippen molar-refractivity contribution in [2.75, 3.05) is 18.4 Å². The lowest BCUT2D eigenvalue weighted by Crippen LogP contribution is -2.35. The number of pyridine rings is 1. The zero-order valence-electron chi connectivity index (χ0n) is 12.5. The van der Waals surface area contributed by atoms with Crippen LogP contribution in [0, 0.1) is 6.92 Å². The molecule has 2 rings (SSSR count). The first kappa shape index (κ1) is 15.0. The summed E-state index contributed by atoms with van der Waals surface area (Å²) in [5.74, 6) is 0.0729. The molecule has 0 saturated carbocycles. The minimum absolute atomic E-state index is 0.0729. The predicted molar refractivity (Wildman–Crippen MR) is 85.0 cm³/mol. The molecule has 0 aliphatic heterocycles. The highest BCUT2D eigenvalue weighted by atomic mass is 16.2. The molecule has 2 aromatic rings. The first-order valence-electron chi connectivity index (χ1n) is 7.17. The number of amides is 1. The third-order valence-corrected chi connectivity index (χ3v) is 3.31. The fourth-order valence-corrected chi connectivity index (χ4v) is 2.02. The van der Waals surface area contributed by atoms with Crippen molar-refractivity contribution < 1.29 is 4.79 Å². The van der Waals surface area contributed by atoms with Crippen LogP contribution in [0.25, 0.3) is 0 Å². The molecule has 0 fully saturated rings. The molecule has 0 saturated heterocycles. The normalized spacial score (nSPS) is 10.2. The van der Waals surface area contributed by atoms with E-state index in [-0.39, 0.29) is 5.91 Å². The summed E-state index contributed by atoms with van der Waals surface area (Å²) in [6.07, 6.45) is 1.75. The Labute approximate surface area is 125 Å². The first-order chi connectivity index (χ1) is 10.2. The molecule has 0 atom stereocenters. The zero-order chi connectivity index (χ0) is 15.1. The van der Waals surface area contributed by atoms with E-state index in [0.29, 0.717) is 19.6 Å². The maximum absolute atomic E-state index is 12.3. The third-order valence-electron chi connectivity index (χ3n) is 3.31. The zero-order valence-corrected chi connectivity index (χ0v) is 12.5. The van der Waals surface area contributed by atoms with Gasteiger partial charge in [0.2, 0.25) is 5.91 Å². The number of aryl methyl sites for hydroxylation is 1. The average Bonchev–Trinajstić information content (AvgIpc) is 2.52. The summed E-state index contributed by atoms with van der Waals surface area (Å²) in [6.45, 7) is 5.54. The first-order valence-corrected chi connectivity index (χ1v) is 7.17. The Morgan fingerprint density at radius 2 is 1.95 bits per heavy atom. The highest BCUT2D eigenvalue weighted by Crippen LogP contribution is 2.08. The second-order valence-corrected chi connectivity index (χ2v) is 4.95. The van der Waals surface area contributed by atoms with E-state index in [9.17, 15) is 4.79 Å². The van der Waals surface area contributed by atoms with Gasteiger partial charge in [-0.1, -0.05) is 23.8 Å². The van der Waals surface area contributed by atoms with Crippen molar-refractivity contribution in [1.29, 1.82) is 0 Å². The molecule has 0 aliphatic carbocycles. The van der Waals surface area contributed by atoms with Crippen LogP contribution in [-0.2, 0) is 11.3 Å². The van der Waals surface area contributed by atoms with Crippen molar-refractivity contribution in [2.24, 2.45) is 0 Å². The van der Waals surface area contributed by atoms with Gasteiger partial charge in [0, 0.05) is 18.4 Å². The third kappa shape index (κ3) is 4.60. The lowest BCUT2D eigenvalue weighted by molar-refractivity contribution is -0.129. The second kappa shape index (κ2) is 7.43. The maximum Gasteiger partial charge on any atom is 0.242 e. The Kier molecular flexibility index (Phi) is 5.32. The molecule has 110 valence electrons. The van der Waals surface area contributed by atoms with Crippen LogP contribution in [0.2, 0.25) is 0 Å². The Morgan fingerprint density at radius 1 is 1.19 bits per heavy atom. The smallest absolute Gasteiger partial charge is 0.242 e. The van der Waals surface area contributed by atoms with Gasteiger partial charge in [-0.25, -0.2) is 0 Å². The van der Waals surface area contributed by atoms with Crippen LogP contribution in [0.4, 0.5) is 5.69 Å². The summed E-state index contributed by atoms with van der Waals surface area (Å²) in [5.41, 5.74) is 3.07. The van der Waals surface area contributed by atoms with Crippen molar-refractivity contribution >= 4 is 11.6 Å². The van der Waals surface area contributed by atoms with Crippen LogP contribution in [-0.4, -0.2) is 28.9 Å². The Morgan fingerprint density at radius 3 is 2.57 bits per heavy atom. The number of hydrogen-bond donors (Lipinski definition) is 1. The second-order valence-electron chi connectivity index (χ2n) is 4.95. The van der Waals surface area contributed by atoms with Crippen LogP contribution >= 0.6 is 0 Å². The Hall–Kier alpha value is -2.36. The monoisotopic (exact) mass is 283 g/mol. The van der Waals surface area contributed by atoms with Gasteiger partial charge in [-0.15, -0.1) is 0 Å². The minimum atomic E-state index is 0.0729. The van der Waals surface area contributed by atoms with E-state index in [0.717, 1.165) is 11.4 Å². The highest BCUT2D eigenvalue weighted by molar-refractivity contribution is 5.80. The summed E-state index contributed by atoms with van der Waals surface area (Å²) in [7, 11) is 0. The van der Waals surface area contributed by atoms with Gasteiger partial charge in [0.05, 0.1) is 18.8 Å². The maximum atomic E-state index is 12.3. The highest BCUT2D eigenvalue weighted by Gasteiger charge is 2.12. The minimum Gasteiger partial charge on any atom is -0.376 e. The molecule has 1 aromatic heterocycles. The van der Waals surface area contributed by atoms with Gasteiger partial charge in [-0.05, 0) is 38.1 Å². The number of nitrogens with one attached hydrogen (secondary N) is 1. The molecular weight excluding hydrogens is 262 g/mol. The molecule has 0 aliphatic rings. The van der Waals surface area contributed by atoms with Gasteiger partial charge < -0.3 is 10.2 Å². The van der Waals surface area contributed by atoms with Gasteiger partial charge in [0.25, 0.3) is 0 Å². The summed E-state index contributed by atoms with van der Waals surface area (Å²) < 4.78 is 0. The molecule has 21 heavy (non-hydrogen) atoms. The lowest BCUT2D eigenvalue weighted by Gasteiger charge is -2.21. The topological polar surface area (TPSA) is 45.2 Å². The van der Waals surface area contributed by atoms with E-state index in [4.69, 9.17) is 0 Å². The summed E-state index contributed by atoms with van der Waals surface area (Å²) in [4.78, 5) is 18.3. The van der Waals surface area contributed by atoms with E-state index < -0.39 is 0 Å². The molecule has 0 radical (unpaired) electrons. The number of likely N-dealkylation sites (N-methyl/N-ethyl adjacent to an activating group) is 1. The van der Waals surface area contributed by atoms with Crippen LogP contribution in [0.3, 0.4) is 0 Å². The molecule has 1 heterocycles. The summed E-state index contributed by atoms with van der Waals surface area (Å²) in [5, 5.41) is 3.16. The van der Waals surface area contributed by atoms with E-state index in [2.05, 4.69) is 10.3 Å². The van der Waals surface area contributed by atoms with Crippen LogP contribution < -0.4 is 5.32 Å². The molecule has 0 spiro atoms. The largest absolute Gasteiger partial charge is 0.376 e. The van der Waals surface area contributed by atoms with Gasteiger partial charge in [-0.3, -0.25) is 9.78 Å². The fraction of sp³-hybridized carbons (Fsp3) is 0.294. The lowest BCUT2D eigenvalue weighted by atomic mass is 10.2. The Balaban J connectivity index is 1.89. The van der Waals surface area contributed by atoms with Crippen LogP contribution in [0.5, 0.6) is 0 Å². The number of aromatic nitrogens is 1. The number of hydrogen-bond acceptors (Lipinski definition) is 3. The number of carbonyl (C=O) groups excluding carboxylic acids is 1. The van der Waals surface area contributed by atoms with Crippen molar-refractivity contribution in [3.8, 4) is 0 Å². The SMILES string of the molecule is CCN(Cc1ccccn1)C(=O)CNc1ccc(C)cc1. The molecular formula is C17H21N3O. The van der Waals surface area contributed by atoms with E-state index in [1.807, 2.05) is 56.3 Å². The predicted octanol–water partition coefficient (Wildman–Crippen LogP) is 2.85. The van der Waals surface area contributed by atoms with Crippen molar-refractivity contribution in [1.82, 2.24) is 9.88 Å². The number of anilines is 1. The number of benzene rings is 1. The standard InChI is InChI=1S/C17H21N3O/c1-3-20(13-16-6-4-5-11-18-16)17(21)12-19-15-9-7-14(2)8-10-15/h4-11,19H,3,12-13H2,1-2H3. The molecule has 1 aromatic carbocycles. The number of carbonyl (C=O) groups is 1. The van der Waals surface area contributed by atoms with Crippen LogP contribution in [0.15, 0.2) is 48.7 Å². The summed E-state index contributed by atoms with van der Waals surface area (Å²) in [6, 6.07) is 13.8. The van der Waals surface area contributed by atoms with Gasteiger partial charge >= 0.3 is 0 Å². The van der Waals surface area contributed by atoms with E-state index >= 15 is 0 Å². The number of rotatable bonds is 6. The fourth-order valence-electron chi connectivity index (χ4n) is 2.02. The van der Waals surface area contributed by atoms with E-state index in [1.165, 1.54) is 5.56 Å². The quantitative estimate of drug-likeness (QED) is 0.886. The van der Waals surface area contributed by atoms with Gasteiger partial charge in [0.1, 0.15) is 0 Å². The van der Waals surface area contributed by atoms with Crippen molar-refractivity contribution in [3.63, 3.8) is 0 Å². The Bertz CT molecular complexity index is 566. The van der Waals surface area contributed by atoms with Crippen LogP contribution in [0.1, 0.15) is 18.2 Å². The average molecular weight is 283 g/mol. The molecule has 1 N–H and O–H groups in total. The van der Waals surface area contributed by atoms with Crippen molar-refractivity contribution in [2.45, 2.75) is 20.4 Å². The summed E-state index contributed by atoms with van der Waals surface area (Å²) >= 11 is 0. The molecule has 1 amide bonds. The van der Waals surface area contributed by atoms with Crippen molar-refractivity contribution in [3.05, 3.63) is 59.9 Å². The van der Waals surface area contributed by atoms with E-state index in [1.54, 1.807) is 11.1 Å². The molecule has 0 bridgehead atoms. The molecule has 4 heteroatoms. The van der Waals surface area contributed by atoms with Gasteiger partial charge in [-0.2, -0.15) is 0 Å². The molecule has 4 nitrogen and oxygen atoms in total.